The van der Waals surface area contributed by atoms with Gasteiger partial charge in [0.05, 0.1) is 49.8 Å². The number of alkyl halides is 3. The molecule has 1 atom stereocenters. The van der Waals surface area contributed by atoms with E-state index in [0.717, 1.165) is 23.0 Å². The van der Waals surface area contributed by atoms with E-state index in [9.17, 15) is 21.6 Å². The quantitative estimate of drug-likeness (QED) is 0.338. The molecule has 0 amide bonds. The Kier molecular flexibility index (Phi) is 6.65. The first-order valence-electron chi connectivity index (χ1n) is 11.8. The van der Waals surface area contributed by atoms with E-state index in [1.807, 2.05) is 0 Å². The van der Waals surface area contributed by atoms with Gasteiger partial charge in [-0.2, -0.15) is 9.29 Å². The van der Waals surface area contributed by atoms with E-state index in [1.165, 1.54) is 17.7 Å². The van der Waals surface area contributed by atoms with Gasteiger partial charge in [-0.15, -0.1) is 5.10 Å². The van der Waals surface area contributed by atoms with Gasteiger partial charge >= 0.3 is 0 Å². The van der Waals surface area contributed by atoms with Gasteiger partial charge in [0, 0.05) is 6.54 Å². The first kappa shape index (κ1) is 27.1. The molecule has 1 aliphatic rings. The third-order valence-electron chi connectivity index (χ3n) is 6.68. The number of hydrogen-bond acceptors (Lipinski definition) is 7. The number of hydrogen-bond donors (Lipinski definition) is 1. The highest BCUT2D eigenvalue weighted by molar-refractivity contribution is 7.88. The maximum Gasteiger partial charge on any atom is 0.281 e. The molecule has 1 aliphatic heterocycles. The van der Waals surface area contributed by atoms with Crippen LogP contribution in [0.15, 0.2) is 18.3 Å². The lowest BCUT2D eigenvalue weighted by atomic mass is 10.0. The van der Waals surface area contributed by atoms with Crippen LogP contribution in [0.4, 0.5) is 27.9 Å². The molecular formula is C23H24F5N7O3S. The Bertz CT molecular complexity index is 1690. The molecular weight excluding hydrogens is 549 g/mol. The van der Waals surface area contributed by atoms with Crippen molar-refractivity contribution < 1.29 is 35.1 Å². The van der Waals surface area contributed by atoms with Gasteiger partial charge in [-0.1, -0.05) is 0 Å². The van der Waals surface area contributed by atoms with Gasteiger partial charge in [-0.3, -0.25) is 0 Å². The molecule has 0 radical (unpaired) electrons. The van der Waals surface area contributed by atoms with Crippen molar-refractivity contribution in [2.45, 2.75) is 31.9 Å². The summed E-state index contributed by atoms with van der Waals surface area (Å²) in [5.74, 6) is -5.12. The summed E-state index contributed by atoms with van der Waals surface area (Å²) < 4.78 is 105. The zero-order valence-corrected chi connectivity index (χ0v) is 21.9. The van der Waals surface area contributed by atoms with Crippen molar-refractivity contribution in [3.63, 3.8) is 0 Å². The molecule has 16 heteroatoms. The molecule has 0 aliphatic carbocycles. The van der Waals surface area contributed by atoms with E-state index in [2.05, 4.69) is 20.4 Å². The van der Waals surface area contributed by atoms with E-state index >= 15 is 8.78 Å². The minimum absolute atomic E-state index is 0.00572. The Morgan fingerprint density at radius 1 is 1.21 bits per heavy atom. The number of imidazole rings is 1. The molecule has 1 saturated heterocycles. The summed E-state index contributed by atoms with van der Waals surface area (Å²) >= 11 is 0. The van der Waals surface area contributed by atoms with Crippen molar-refractivity contribution in [1.82, 2.24) is 28.5 Å². The van der Waals surface area contributed by atoms with E-state index in [4.69, 9.17) is 4.74 Å². The minimum Gasteiger partial charge on any atom is -0.479 e. The number of methoxy groups -OCH3 is 1. The Balaban J connectivity index is 1.56. The summed E-state index contributed by atoms with van der Waals surface area (Å²) in [4.78, 5) is 8.26. The maximum atomic E-state index is 15.3. The average molecular weight is 574 g/mol. The smallest absolute Gasteiger partial charge is 0.281 e. The van der Waals surface area contributed by atoms with Gasteiger partial charge < -0.3 is 14.6 Å². The van der Waals surface area contributed by atoms with Gasteiger partial charge in [-0.05, 0) is 31.0 Å². The topological polar surface area (TPSA) is 107 Å². The molecule has 210 valence electrons. The average Bonchev–Trinajstić information content (AvgIpc) is 3.35. The first-order chi connectivity index (χ1) is 18.3. The van der Waals surface area contributed by atoms with E-state index in [-0.39, 0.29) is 59.0 Å². The second-order valence-electron chi connectivity index (χ2n) is 9.26. The molecule has 39 heavy (non-hydrogen) atoms. The van der Waals surface area contributed by atoms with Crippen LogP contribution in [0.5, 0.6) is 5.88 Å². The molecule has 0 unspecified atom stereocenters. The standard InChI is InChI=1S/C23H24F5N7O3S/c1-12-29-19-14(25)8-13(9-16(19)34(12)7-5-24)18-15(26)10-35-20(18)21(38-2)31-22(32-35)30-17-4-6-33(39(3,36)37)11-23(17,27)28/h8-10,17H,4-7,11H2,1-3H3,(H,30,32)/t17-/m1/s1. The van der Waals surface area contributed by atoms with Crippen molar-refractivity contribution in [2.75, 3.05) is 38.4 Å². The highest BCUT2D eigenvalue weighted by Crippen LogP contribution is 2.37. The lowest BCUT2D eigenvalue weighted by Gasteiger charge is -2.37. The predicted molar refractivity (Wildman–Crippen MR) is 132 cm³/mol. The predicted octanol–water partition coefficient (Wildman–Crippen LogP) is 3.39. The van der Waals surface area contributed by atoms with Crippen molar-refractivity contribution in [3.8, 4) is 17.0 Å². The lowest BCUT2D eigenvalue weighted by molar-refractivity contribution is -0.0541. The number of ether oxygens (including phenoxy) is 1. The SMILES string of the molecule is COc1nc(N[C@@H]2CCN(S(C)(=O)=O)CC2(F)F)nn2cc(F)c(-c3cc(F)c4nc(C)n(CCF)c4c3)c12. The maximum absolute atomic E-state index is 15.3. The zero-order chi connectivity index (χ0) is 28.3. The van der Waals surface area contributed by atoms with Crippen LogP contribution < -0.4 is 10.1 Å². The molecule has 1 fully saturated rings. The van der Waals surface area contributed by atoms with Gasteiger partial charge in [0.2, 0.25) is 21.9 Å². The van der Waals surface area contributed by atoms with Crippen LogP contribution in [0.2, 0.25) is 0 Å². The lowest BCUT2D eigenvalue weighted by Crippen LogP contribution is -2.55. The van der Waals surface area contributed by atoms with Crippen molar-refractivity contribution in [2.24, 2.45) is 0 Å². The molecule has 5 rings (SSSR count). The molecule has 1 N–H and O–H groups in total. The van der Waals surface area contributed by atoms with E-state index in [0.29, 0.717) is 10.1 Å². The number of sulfonamides is 1. The minimum atomic E-state index is -3.80. The Hall–Kier alpha value is -3.53. The number of rotatable bonds is 7. The van der Waals surface area contributed by atoms with Gasteiger partial charge in [0.25, 0.3) is 5.92 Å². The number of nitrogens with zero attached hydrogens (tertiary/aromatic N) is 6. The summed E-state index contributed by atoms with van der Waals surface area (Å²) in [6.07, 6.45) is 1.59. The number of fused-ring (bicyclic) bond motifs is 2. The van der Waals surface area contributed by atoms with E-state index in [1.54, 1.807) is 6.92 Å². The Morgan fingerprint density at radius 2 is 1.95 bits per heavy atom. The summed E-state index contributed by atoms with van der Waals surface area (Å²) in [5, 5.41) is 6.61. The number of aromatic nitrogens is 5. The summed E-state index contributed by atoms with van der Waals surface area (Å²) in [6.45, 7) is -0.341. The fraction of sp³-hybridized carbons (Fsp3) is 0.435. The van der Waals surface area contributed by atoms with Crippen LogP contribution in [-0.4, -0.2) is 82.0 Å². The Morgan fingerprint density at radius 3 is 2.59 bits per heavy atom. The molecule has 0 saturated carbocycles. The zero-order valence-electron chi connectivity index (χ0n) is 21.1. The highest BCUT2D eigenvalue weighted by Gasteiger charge is 2.47. The third-order valence-corrected chi connectivity index (χ3v) is 7.93. The second kappa shape index (κ2) is 9.59. The summed E-state index contributed by atoms with van der Waals surface area (Å²) in [6, 6.07) is 1.04. The Labute approximate surface area is 219 Å². The third kappa shape index (κ3) is 4.75. The van der Waals surface area contributed by atoms with Crippen molar-refractivity contribution >= 4 is 32.5 Å². The van der Waals surface area contributed by atoms with Gasteiger partial charge in [-0.25, -0.2) is 39.9 Å². The normalized spacial score (nSPS) is 18.2. The summed E-state index contributed by atoms with van der Waals surface area (Å²) in [7, 11) is -2.57. The molecule has 0 bridgehead atoms. The fourth-order valence-electron chi connectivity index (χ4n) is 4.83. The van der Waals surface area contributed by atoms with Crippen molar-refractivity contribution in [3.05, 3.63) is 35.8 Å². The largest absolute Gasteiger partial charge is 0.479 e. The molecule has 0 spiro atoms. The molecule has 3 aromatic heterocycles. The van der Waals surface area contributed by atoms with Crippen molar-refractivity contribution in [1.29, 1.82) is 0 Å². The first-order valence-corrected chi connectivity index (χ1v) is 13.6. The number of benzene rings is 1. The van der Waals surface area contributed by atoms with Gasteiger partial charge in [0.1, 0.15) is 23.5 Å². The second-order valence-corrected chi connectivity index (χ2v) is 11.2. The highest BCUT2D eigenvalue weighted by atomic mass is 32.2. The van der Waals surface area contributed by atoms with Gasteiger partial charge in [0.15, 0.2) is 11.6 Å². The van der Waals surface area contributed by atoms with Crippen LogP contribution in [0.1, 0.15) is 12.2 Å². The number of aryl methyl sites for hydroxylation is 2. The number of piperidine rings is 1. The monoisotopic (exact) mass is 573 g/mol. The van der Waals surface area contributed by atoms with Crippen LogP contribution in [0, 0.1) is 18.6 Å². The van der Waals surface area contributed by atoms with Crippen LogP contribution in [-0.2, 0) is 16.6 Å². The molecule has 1 aromatic carbocycles. The molecule has 4 aromatic rings. The summed E-state index contributed by atoms with van der Waals surface area (Å²) in [5.41, 5.74) is 0.246. The number of anilines is 1. The van der Waals surface area contributed by atoms with Crippen LogP contribution in [0.3, 0.4) is 0 Å². The number of nitrogens with one attached hydrogen (secondary N) is 1. The fourth-order valence-corrected chi connectivity index (χ4v) is 5.68. The number of halogens is 5. The molecule has 10 nitrogen and oxygen atoms in total. The van der Waals surface area contributed by atoms with Crippen LogP contribution >= 0.6 is 0 Å². The van der Waals surface area contributed by atoms with Crippen LogP contribution in [0.25, 0.3) is 27.7 Å². The molecule has 4 heterocycles. The van der Waals surface area contributed by atoms with E-state index < -0.39 is 46.8 Å².